The lowest BCUT2D eigenvalue weighted by Gasteiger charge is -2.18. The Morgan fingerprint density at radius 2 is 1.94 bits per heavy atom. The van der Waals surface area contributed by atoms with Crippen molar-refractivity contribution in [2.75, 3.05) is 0 Å². The van der Waals surface area contributed by atoms with Crippen molar-refractivity contribution in [1.82, 2.24) is 9.97 Å². The normalized spacial score (nSPS) is 11.8. The molecule has 0 saturated carbocycles. The van der Waals surface area contributed by atoms with Gasteiger partial charge in [-0.1, -0.05) is 32.4 Å². The molecule has 4 heteroatoms. The highest BCUT2D eigenvalue weighted by Crippen LogP contribution is 2.29. The molecule has 0 bridgehead atoms. The van der Waals surface area contributed by atoms with Crippen LogP contribution in [0.5, 0.6) is 0 Å². The zero-order chi connectivity index (χ0) is 12.6. The number of hydrogen-bond acceptors (Lipinski definition) is 3. The Balaban J connectivity index is 2.64. The average Bonchev–Trinajstić information content (AvgIpc) is 2.73. The second-order valence-corrected chi connectivity index (χ2v) is 5.43. The Labute approximate surface area is 106 Å². The maximum atomic E-state index is 6.16. The monoisotopic (exact) mass is 250 g/mol. The molecule has 0 fully saturated rings. The van der Waals surface area contributed by atoms with E-state index in [1.807, 2.05) is 13.0 Å². The summed E-state index contributed by atoms with van der Waals surface area (Å²) in [4.78, 5) is 8.93. The lowest BCUT2D eigenvalue weighted by molar-refractivity contribution is 0.545. The van der Waals surface area contributed by atoms with E-state index in [-0.39, 0.29) is 5.41 Å². The van der Waals surface area contributed by atoms with Crippen molar-refractivity contribution in [3.8, 4) is 11.3 Å². The van der Waals surface area contributed by atoms with Gasteiger partial charge < -0.3 is 4.42 Å². The Bertz CT molecular complexity index is 527. The smallest absolute Gasteiger partial charge is 0.136 e. The molecular weight excluding hydrogens is 236 g/mol. The molecule has 0 aliphatic carbocycles. The number of nitrogens with zero attached hydrogens (tertiary/aromatic N) is 2. The summed E-state index contributed by atoms with van der Waals surface area (Å²) < 4.78 is 5.09. The van der Waals surface area contributed by atoms with Crippen LogP contribution in [0.3, 0.4) is 0 Å². The van der Waals surface area contributed by atoms with Gasteiger partial charge in [0.15, 0.2) is 0 Å². The molecular formula is C13H15ClN2O. The van der Waals surface area contributed by atoms with Crippen LogP contribution in [0.4, 0.5) is 0 Å². The fourth-order valence-corrected chi connectivity index (χ4v) is 1.67. The zero-order valence-electron chi connectivity index (χ0n) is 10.4. The van der Waals surface area contributed by atoms with Gasteiger partial charge in [0.05, 0.1) is 18.2 Å². The van der Waals surface area contributed by atoms with Gasteiger partial charge in [-0.05, 0) is 13.0 Å². The molecule has 0 aliphatic rings. The van der Waals surface area contributed by atoms with Gasteiger partial charge >= 0.3 is 0 Å². The summed E-state index contributed by atoms with van der Waals surface area (Å²) in [7, 11) is 0. The summed E-state index contributed by atoms with van der Waals surface area (Å²) in [6, 6.07) is 1.87. The highest BCUT2D eigenvalue weighted by molar-refractivity contribution is 6.30. The van der Waals surface area contributed by atoms with Crippen LogP contribution in [0.2, 0.25) is 5.15 Å². The number of hydrogen-bond donors (Lipinski definition) is 0. The van der Waals surface area contributed by atoms with Crippen molar-refractivity contribution in [3.05, 3.63) is 35.1 Å². The molecule has 0 spiro atoms. The Morgan fingerprint density at radius 3 is 2.47 bits per heavy atom. The predicted molar refractivity (Wildman–Crippen MR) is 68.2 cm³/mol. The first-order chi connectivity index (χ1) is 7.89. The molecule has 2 aromatic heterocycles. The third-order valence-electron chi connectivity index (χ3n) is 2.55. The summed E-state index contributed by atoms with van der Waals surface area (Å²) in [6.45, 7) is 8.10. The predicted octanol–water partition coefficient (Wildman–Crippen LogP) is 4.00. The van der Waals surface area contributed by atoms with Gasteiger partial charge in [-0.3, -0.25) is 0 Å². The molecule has 0 saturated heterocycles. The first-order valence-electron chi connectivity index (χ1n) is 5.47. The van der Waals surface area contributed by atoms with Crippen molar-refractivity contribution >= 4 is 11.6 Å². The summed E-state index contributed by atoms with van der Waals surface area (Å²) in [6.07, 6.45) is 3.29. The van der Waals surface area contributed by atoms with E-state index < -0.39 is 0 Å². The van der Waals surface area contributed by atoms with Crippen LogP contribution in [0.15, 0.2) is 23.0 Å². The lowest BCUT2D eigenvalue weighted by atomic mass is 9.95. The standard InChI is InChI=1S/C13H15ClN2O/c1-8-10(9-5-6-17-7-9)15-12(13(2,3)4)16-11(8)14/h5-7H,1-4H3. The second kappa shape index (κ2) is 4.15. The Kier molecular flexibility index (Phi) is 2.96. The minimum atomic E-state index is -0.129. The van der Waals surface area contributed by atoms with Crippen LogP contribution in [0.1, 0.15) is 32.2 Å². The van der Waals surface area contributed by atoms with Crippen LogP contribution >= 0.6 is 11.6 Å². The average molecular weight is 251 g/mol. The van der Waals surface area contributed by atoms with E-state index in [2.05, 4.69) is 30.7 Å². The zero-order valence-corrected chi connectivity index (χ0v) is 11.2. The number of rotatable bonds is 1. The first-order valence-corrected chi connectivity index (χ1v) is 5.84. The lowest BCUT2D eigenvalue weighted by Crippen LogP contribution is -2.17. The van der Waals surface area contributed by atoms with Crippen LogP contribution in [-0.4, -0.2) is 9.97 Å². The molecule has 3 nitrogen and oxygen atoms in total. The third-order valence-corrected chi connectivity index (χ3v) is 2.92. The van der Waals surface area contributed by atoms with Gasteiger partial charge in [-0.2, -0.15) is 0 Å². The van der Waals surface area contributed by atoms with Gasteiger partial charge in [-0.15, -0.1) is 0 Å². The highest BCUT2D eigenvalue weighted by Gasteiger charge is 2.21. The molecule has 0 amide bonds. The minimum Gasteiger partial charge on any atom is -0.472 e. The van der Waals surface area contributed by atoms with E-state index >= 15 is 0 Å². The van der Waals surface area contributed by atoms with Crippen molar-refractivity contribution in [2.24, 2.45) is 0 Å². The number of furan rings is 1. The molecule has 0 atom stereocenters. The number of halogens is 1. The minimum absolute atomic E-state index is 0.129. The van der Waals surface area contributed by atoms with Crippen LogP contribution in [-0.2, 0) is 5.41 Å². The molecule has 0 radical (unpaired) electrons. The maximum Gasteiger partial charge on any atom is 0.136 e. The summed E-state index contributed by atoms with van der Waals surface area (Å²) in [5.41, 5.74) is 2.51. The molecule has 2 heterocycles. The maximum absolute atomic E-state index is 6.16. The molecule has 2 rings (SSSR count). The number of aromatic nitrogens is 2. The molecule has 0 aliphatic heterocycles. The molecule has 17 heavy (non-hydrogen) atoms. The van der Waals surface area contributed by atoms with Gasteiger partial charge in [-0.25, -0.2) is 9.97 Å². The summed E-state index contributed by atoms with van der Waals surface area (Å²) in [5, 5.41) is 0.501. The van der Waals surface area contributed by atoms with E-state index in [1.165, 1.54) is 0 Å². The fraction of sp³-hybridized carbons (Fsp3) is 0.385. The van der Waals surface area contributed by atoms with Crippen LogP contribution < -0.4 is 0 Å². The van der Waals surface area contributed by atoms with Gasteiger partial charge in [0.25, 0.3) is 0 Å². The van der Waals surface area contributed by atoms with E-state index in [9.17, 15) is 0 Å². The van der Waals surface area contributed by atoms with E-state index in [0.717, 1.165) is 22.6 Å². The van der Waals surface area contributed by atoms with Crippen molar-refractivity contribution in [1.29, 1.82) is 0 Å². The summed E-state index contributed by atoms with van der Waals surface area (Å²) >= 11 is 6.16. The molecule has 2 aromatic rings. The van der Waals surface area contributed by atoms with Crippen molar-refractivity contribution in [3.63, 3.8) is 0 Å². The van der Waals surface area contributed by atoms with E-state index in [1.54, 1.807) is 12.5 Å². The SMILES string of the molecule is Cc1c(Cl)nc(C(C)(C)C)nc1-c1ccoc1. The second-order valence-electron chi connectivity index (χ2n) is 5.07. The first kappa shape index (κ1) is 12.1. The van der Waals surface area contributed by atoms with E-state index in [0.29, 0.717) is 5.15 Å². The molecule has 0 aromatic carbocycles. The quantitative estimate of drug-likeness (QED) is 0.718. The topological polar surface area (TPSA) is 38.9 Å². The van der Waals surface area contributed by atoms with Crippen LogP contribution in [0, 0.1) is 6.92 Å². The highest BCUT2D eigenvalue weighted by atomic mass is 35.5. The fourth-order valence-electron chi connectivity index (χ4n) is 1.50. The van der Waals surface area contributed by atoms with Gasteiger partial charge in [0.1, 0.15) is 11.0 Å². The molecule has 0 N–H and O–H groups in total. The van der Waals surface area contributed by atoms with Crippen molar-refractivity contribution < 1.29 is 4.42 Å². The van der Waals surface area contributed by atoms with Gasteiger partial charge in [0.2, 0.25) is 0 Å². The molecule has 90 valence electrons. The van der Waals surface area contributed by atoms with Crippen LogP contribution in [0.25, 0.3) is 11.3 Å². The van der Waals surface area contributed by atoms with Crippen molar-refractivity contribution in [2.45, 2.75) is 33.1 Å². The molecule has 0 unspecified atom stereocenters. The Morgan fingerprint density at radius 1 is 1.24 bits per heavy atom. The third kappa shape index (κ3) is 2.34. The summed E-state index contributed by atoms with van der Waals surface area (Å²) in [5.74, 6) is 0.740. The largest absolute Gasteiger partial charge is 0.472 e. The van der Waals surface area contributed by atoms with E-state index in [4.69, 9.17) is 16.0 Å². The Hall–Kier alpha value is -1.35. The van der Waals surface area contributed by atoms with Gasteiger partial charge in [0, 0.05) is 16.5 Å².